The molecule has 0 fully saturated rings. The number of carboxylic acids is 1. The van der Waals surface area contributed by atoms with Gasteiger partial charge in [-0.15, -0.1) is 0 Å². The second kappa shape index (κ2) is 12.0. The number of aromatic nitrogens is 1. The first-order valence-electron chi connectivity index (χ1n) is 11.9. The number of nitrogen functional groups attached to an aromatic ring is 1. The Morgan fingerprint density at radius 2 is 1.83 bits per heavy atom. The Hall–Kier alpha value is -4.14. The molecule has 4 N–H and O–H groups in total. The SMILES string of the molecule is CCCCCN(CC(=O)O)C(=O)Oc1ccc2c(c1)c(C(=O)CCc1ccc(C(=N)N)cc1)cn2C. The van der Waals surface area contributed by atoms with Crippen molar-refractivity contribution in [3.63, 3.8) is 0 Å². The predicted octanol–water partition coefficient (Wildman–Crippen LogP) is 4.35. The van der Waals surface area contributed by atoms with Crippen molar-refractivity contribution >= 4 is 34.6 Å². The number of fused-ring (bicyclic) bond motifs is 1. The van der Waals surface area contributed by atoms with Crippen LogP contribution in [0.3, 0.4) is 0 Å². The molecule has 0 saturated carbocycles. The Balaban J connectivity index is 1.75. The van der Waals surface area contributed by atoms with Crippen molar-refractivity contribution in [3.05, 3.63) is 65.4 Å². The number of unbranched alkanes of at least 4 members (excludes halogenated alkanes) is 2. The average molecular weight is 493 g/mol. The van der Waals surface area contributed by atoms with E-state index in [1.807, 2.05) is 30.7 Å². The smallest absolute Gasteiger partial charge is 0.415 e. The van der Waals surface area contributed by atoms with Crippen LogP contribution < -0.4 is 10.5 Å². The van der Waals surface area contributed by atoms with Crippen LogP contribution in [0.25, 0.3) is 10.9 Å². The standard InChI is InChI=1S/C27H32N4O5/c1-3-4-5-14-31(17-25(33)34)27(35)36-20-11-12-23-21(15-20)22(16-30(23)2)24(32)13-8-18-6-9-19(10-7-18)26(28)29/h6-7,9-12,15-16H,3-5,8,13-14,17H2,1-2H3,(H3,28,29)(H,33,34). The number of amidine groups is 1. The monoisotopic (exact) mass is 492 g/mol. The molecule has 3 aromatic rings. The van der Waals surface area contributed by atoms with Gasteiger partial charge < -0.3 is 20.1 Å². The Morgan fingerprint density at radius 3 is 2.47 bits per heavy atom. The number of benzene rings is 2. The van der Waals surface area contributed by atoms with Gasteiger partial charge in [0.05, 0.1) is 0 Å². The van der Waals surface area contributed by atoms with E-state index in [0.717, 1.165) is 23.9 Å². The van der Waals surface area contributed by atoms with Crippen molar-refractivity contribution in [1.29, 1.82) is 5.41 Å². The Bertz CT molecular complexity index is 1260. The summed E-state index contributed by atoms with van der Waals surface area (Å²) in [5.41, 5.74) is 8.43. The molecular formula is C27H32N4O5. The molecule has 36 heavy (non-hydrogen) atoms. The van der Waals surface area contributed by atoms with Gasteiger partial charge in [-0.3, -0.25) is 19.9 Å². The molecule has 1 heterocycles. The lowest BCUT2D eigenvalue weighted by Gasteiger charge is -2.20. The van der Waals surface area contributed by atoms with Gasteiger partial charge in [-0.1, -0.05) is 44.0 Å². The zero-order chi connectivity index (χ0) is 26.2. The summed E-state index contributed by atoms with van der Waals surface area (Å²) >= 11 is 0. The molecule has 1 aromatic heterocycles. The minimum atomic E-state index is -1.11. The van der Waals surface area contributed by atoms with E-state index in [-0.39, 0.29) is 23.8 Å². The minimum Gasteiger partial charge on any atom is -0.480 e. The molecule has 0 saturated heterocycles. The molecule has 9 heteroatoms. The van der Waals surface area contributed by atoms with Gasteiger partial charge in [0.1, 0.15) is 18.1 Å². The molecule has 0 atom stereocenters. The second-order valence-corrected chi connectivity index (χ2v) is 8.76. The summed E-state index contributed by atoms with van der Waals surface area (Å²) in [5, 5.41) is 17.3. The number of aliphatic carboxylic acids is 1. The summed E-state index contributed by atoms with van der Waals surface area (Å²) in [5.74, 6) is -0.909. The quantitative estimate of drug-likeness (QED) is 0.149. The zero-order valence-electron chi connectivity index (χ0n) is 20.6. The number of Topliss-reactive ketones (excluding diaryl/α,β-unsaturated/α-hetero) is 1. The molecule has 9 nitrogen and oxygen atoms in total. The van der Waals surface area contributed by atoms with Crippen LogP contribution in [0.1, 0.15) is 54.1 Å². The van der Waals surface area contributed by atoms with Crippen molar-refractivity contribution in [3.8, 4) is 5.75 Å². The largest absolute Gasteiger partial charge is 0.480 e. The number of ether oxygens (including phenoxy) is 1. The third kappa shape index (κ3) is 6.71. The topological polar surface area (TPSA) is 139 Å². The average Bonchev–Trinajstić information content (AvgIpc) is 3.17. The van der Waals surface area contributed by atoms with Gasteiger partial charge in [-0.25, -0.2) is 4.79 Å². The second-order valence-electron chi connectivity index (χ2n) is 8.76. The molecule has 0 unspecified atom stereocenters. The number of amides is 1. The predicted molar refractivity (Wildman–Crippen MR) is 138 cm³/mol. The molecule has 0 spiro atoms. The first-order valence-corrected chi connectivity index (χ1v) is 11.9. The lowest BCUT2D eigenvalue weighted by Crippen LogP contribution is -2.38. The zero-order valence-corrected chi connectivity index (χ0v) is 20.6. The van der Waals surface area contributed by atoms with E-state index in [0.29, 0.717) is 35.9 Å². The van der Waals surface area contributed by atoms with Crippen LogP contribution in [-0.4, -0.2) is 51.3 Å². The number of carbonyl (C=O) groups excluding carboxylic acids is 2. The fourth-order valence-corrected chi connectivity index (χ4v) is 4.02. The Labute approximate surface area is 210 Å². The van der Waals surface area contributed by atoms with E-state index in [4.69, 9.17) is 21.0 Å². The Morgan fingerprint density at radius 1 is 1.11 bits per heavy atom. The highest BCUT2D eigenvalue weighted by Crippen LogP contribution is 2.27. The lowest BCUT2D eigenvalue weighted by atomic mass is 10.0. The van der Waals surface area contributed by atoms with Crippen molar-refractivity contribution in [2.45, 2.75) is 39.0 Å². The molecule has 0 aliphatic carbocycles. The number of hydrogen-bond donors (Lipinski definition) is 3. The van der Waals surface area contributed by atoms with Crippen LogP contribution in [0, 0.1) is 5.41 Å². The number of hydrogen-bond acceptors (Lipinski definition) is 5. The minimum absolute atomic E-state index is 0.00285. The summed E-state index contributed by atoms with van der Waals surface area (Å²) in [4.78, 5) is 38.1. The molecule has 2 aromatic carbocycles. The van der Waals surface area contributed by atoms with Crippen LogP contribution in [-0.2, 0) is 18.3 Å². The number of ketones is 1. The number of nitrogens with zero attached hydrogens (tertiary/aromatic N) is 2. The lowest BCUT2D eigenvalue weighted by molar-refractivity contribution is -0.137. The number of carbonyl (C=O) groups is 3. The first-order chi connectivity index (χ1) is 17.2. The van der Waals surface area contributed by atoms with E-state index in [1.165, 1.54) is 4.90 Å². The Kier molecular flexibility index (Phi) is 8.83. The first kappa shape index (κ1) is 26.5. The normalized spacial score (nSPS) is 10.8. The van der Waals surface area contributed by atoms with Gasteiger partial charge in [-0.05, 0) is 36.6 Å². The van der Waals surface area contributed by atoms with Gasteiger partial charge in [0, 0.05) is 48.2 Å². The third-order valence-electron chi connectivity index (χ3n) is 5.99. The van der Waals surface area contributed by atoms with Crippen LogP contribution >= 0.6 is 0 Å². The molecular weight excluding hydrogens is 460 g/mol. The van der Waals surface area contributed by atoms with Crippen molar-refractivity contribution < 1.29 is 24.2 Å². The number of carboxylic acid groups (broad SMARTS) is 1. The highest BCUT2D eigenvalue weighted by atomic mass is 16.6. The summed E-state index contributed by atoms with van der Waals surface area (Å²) in [7, 11) is 1.84. The summed E-state index contributed by atoms with van der Waals surface area (Å²) in [6.07, 6.45) is 4.36. The van der Waals surface area contributed by atoms with Crippen molar-refractivity contribution in [2.75, 3.05) is 13.1 Å². The fraction of sp³-hybridized carbons (Fsp3) is 0.333. The van der Waals surface area contributed by atoms with Crippen LogP contribution in [0.2, 0.25) is 0 Å². The number of aryl methyl sites for hydroxylation is 2. The van der Waals surface area contributed by atoms with Crippen LogP contribution in [0.15, 0.2) is 48.7 Å². The van der Waals surface area contributed by atoms with E-state index < -0.39 is 18.6 Å². The molecule has 0 radical (unpaired) electrons. The number of nitrogens with two attached hydrogens (primary N) is 1. The summed E-state index contributed by atoms with van der Waals surface area (Å²) in [6, 6.07) is 12.3. The molecule has 1 amide bonds. The highest BCUT2D eigenvalue weighted by molar-refractivity contribution is 6.08. The fourth-order valence-electron chi connectivity index (χ4n) is 4.02. The van der Waals surface area contributed by atoms with Gasteiger partial charge in [-0.2, -0.15) is 0 Å². The van der Waals surface area contributed by atoms with Gasteiger partial charge in [0.25, 0.3) is 0 Å². The van der Waals surface area contributed by atoms with Gasteiger partial charge in [0.15, 0.2) is 5.78 Å². The summed E-state index contributed by atoms with van der Waals surface area (Å²) in [6.45, 7) is 1.88. The molecule has 3 rings (SSSR count). The maximum atomic E-state index is 13.1. The van der Waals surface area contributed by atoms with Gasteiger partial charge >= 0.3 is 12.1 Å². The van der Waals surface area contributed by atoms with E-state index in [2.05, 4.69) is 0 Å². The summed E-state index contributed by atoms with van der Waals surface area (Å²) < 4.78 is 7.34. The maximum absolute atomic E-state index is 13.1. The number of nitrogens with one attached hydrogen (secondary N) is 1. The molecule has 0 aliphatic heterocycles. The van der Waals surface area contributed by atoms with Crippen LogP contribution in [0.5, 0.6) is 5.75 Å². The maximum Gasteiger partial charge on any atom is 0.415 e. The third-order valence-corrected chi connectivity index (χ3v) is 5.99. The molecule has 0 aliphatic rings. The van der Waals surface area contributed by atoms with E-state index >= 15 is 0 Å². The van der Waals surface area contributed by atoms with E-state index in [1.54, 1.807) is 36.5 Å². The van der Waals surface area contributed by atoms with E-state index in [9.17, 15) is 14.4 Å². The number of rotatable bonds is 12. The molecule has 190 valence electrons. The van der Waals surface area contributed by atoms with Crippen molar-refractivity contribution in [2.24, 2.45) is 12.8 Å². The highest BCUT2D eigenvalue weighted by Gasteiger charge is 2.20. The van der Waals surface area contributed by atoms with Crippen molar-refractivity contribution in [1.82, 2.24) is 9.47 Å². The molecule has 0 bridgehead atoms. The van der Waals surface area contributed by atoms with Crippen LogP contribution in [0.4, 0.5) is 4.79 Å². The van der Waals surface area contributed by atoms with Gasteiger partial charge in [0.2, 0.25) is 0 Å².